The zero-order valence-electron chi connectivity index (χ0n) is 19.0. The maximum absolute atomic E-state index is 14.1. The number of carbonyl (C=O) groups excluding carboxylic acids is 1. The summed E-state index contributed by atoms with van der Waals surface area (Å²) in [5.41, 5.74) is 4.25. The van der Waals surface area contributed by atoms with Crippen molar-refractivity contribution in [2.45, 2.75) is 50.9 Å². The molecule has 1 aromatic carbocycles. The van der Waals surface area contributed by atoms with Crippen LogP contribution < -0.4 is 0 Å². The first kappa shape index (κ1) is 21.2. The summed E-state index contributed by atoms with van der Waals surface area (Å²) in [7, 11) is 0. The molecule has 5 heteroatoms. The summed E-state index contributed by atoms with van der Waals surface area (Å²) in [5, 5.41) is 0. The lowest BCUT2D eigenvalue weighted by atomic mass is 9.68. The van der Waals surface area contributed by atoms with Crippen molar-refractivity contribution in [1.29, 1.82) is 0 Å². The number of hydrogen-bond acceptors (Lipinski definition) is 3. The molecule has 1 aliphatic carbocycles. The van der Waals surface area contributed by atoms with Crippen molar-refractivity contribution in [3.63, 3.8) is 0 Å². The largest absolute Gasteiger partial charge is 0.379 e. The van der Waals surface area contributed by atoms with Crippen molar-refractivity contribution in [3.8, 4) is 0 Å². The summed E-state index contributed by atoms with van der Waals surface area (Å²) < 4.78 is 8.07. The summed E-state index contributed by atoms with van der Waals surface area (Å²) in [6.07, 6.45) is 12.1. The first-order valence-electron chi connectivity index (χ1n) is 12.0. The second-order valence-electron chi connectivity index (χ2n) is 9.58. The smallest absolute Gasteiger partial charge is 0.233 e. The topological polar surface area (TPSA) is 46.8 Å². The fraction of sp³-hybridized carbons (Fsp3) is 0.481. The van der Waals surface area contributed by atoms with Gasteiger partial charge in [-0.1, -0.05) is 49.1 Å². The Morgan fingerprint density at radius 1 is 1.12 bits per heavy atom. The van der Waals surface area contributed by atoms with E-state index in [2.05, 4.69) is 51.5 Å². The lowest BCUT2D eigenvalue weighted by molar-refractivity contribution is -0.139. The molecule has 3 aromatic rings. The monoisotopic (exact) mass is 431 g/mol. The number of ether oxygens (including phenoxy) is 1. The second kappa shape index (κ2) is 9.07. The first-order valence-corrected chi connectivity index (χ1v) is 12.0. The van der Waals surface area contributed by atoms with Crippen LogP contribution in [0.25, 0.3) is 5.52 Å². The predicted molar refractivity (Wildman–Crippen MR) is 126 cm³/mol. The minimum atomic E-state index is -0.388. The molecule has 2 aromatic heterocycles. The molecule has 0 spiro atoms. The fourth-order valence-electron chi connectivity index (χ4n) is 5.61. The van der Waals surface area contributed by atoms with E-state index in [4.69, 9.17) is 4.74 Å². The molecule has 1 saturated carbocycles. The summed E-state index contributed by atoms with van der Waals surface area (Å²) in [6.45, 7) is 4.79. The molecule has 32 heavy (non-hydrogen) atoms. The Kier molecular flexibility index (Phi) is 6.01. The zero-order valence-corrected chi connectivity index (χ0v) is 19.0. The van der Waals surface area contributed by atoms with E-state index >= 15 is 0 Å². The number of fused-ring (bicyclic) bond motifs is 1. The molecule has 1 aliphatic heterocycles. The van der Waals surface area contributed by atoms with Crippen LogP contribution in [-0.2, 0) is 21.4 Å². The van der Waals surface area contributed by atoms with Gasteiger partial charge >= 0.3 is 0 Å². The summed E-state index contributed by atoms with van der Waals surface area (Å²) in [4.78, 5) is 20.9. The number of nitrogens with zero attached hydrogens (tertiary/aromatic N) is 3. The molecular formula is C27H33N3O2. The van der Waals surface area contributed by atoms with Gasteiger partial charge in [0.25, 0.3) is 0 Å². The lowest BCUT2D eigenvalue weighted by Crippen LogP contribution is -2.50. The molecule has 3 heterocycles. The molecular weight excluding hydrogens is 398 g/mol. The number of amides is 1. The van der Waals surface area contributed by atoms with Gasteiger partial charge < -0.3 is 14.0 Å². The summed E-state index contributed by atoms with van der Waals surface area (Å²) in [5.74, 6) is 0.541. The van der Waals surface area contributed by atoms with E-state index in [1.54, 1.807) is 0 Å². The summed E-state index contributed by atoms with van der Waals surface area (Å²) in [6, 6.07) is 12.8. The molecule has 0 N–H and O–H groups in total. The highest BCUT2D eigenvalue weighted by atomic mass is 16.5. The Balaban J connectivity index is 1.40. The van der Waals surface area contributed by atoms with Crippen LogP contribution in [0.2, 0.25) is 0 Å². The predicted octanol–water partition coefficient (Wildman–Crippen LogP) is 4.56. The fourth-order valence-corrected chi connectivity index (χ4v) is 5.61. The van der Waals surface area contributed by atoms with E-state index < -0.39 is 0 Å². The van der Waals surface area contributed by atoms with Gasteiger partial charge in [-0.05, 0) is 43.9 Å². The number of rotatable bonds is 4. The van der Waals surface area contributed by atoms with E-state index in [9.17, 15) is 4.79 Å². The molecule has 0 radical (unpaired) electrons. The molecule has 1 atom stereocenters. The standard InChI is InChI=1S/C27H33N3O2/c1-21-7-9-23(10-8-21)27(11-3-2-4-12-27)26(31)30-16-17-32-20-22(19-30)18-24-25-6-5-14-29(25)15-13-28-24/h5-10,13-15,22H,2-4,11-12,16-20H2,1H3. The number of aryl methyl sites for hydroxylation is 1. The van der Waals surface area contributed by atoms with Crippen molar-refractivity contribution >= 4 is 11.4 Å². The third-order valence-electron chi connectivity index (χ3n) is 7.36. The zero-order chi connectivity index (χ0) is 22.0. The lowest BCUT2D eigenvalue weighted by Gasteiger charge is -2.40. The Labute approximate surface area is 190 Å². The van der Waals surface area contributed by atoms with Crippen molar-refractivity contribution < 1.29 is 9.53 Å². The highest BCUT2D eigenvalue weighted by Gasteiger charge is 2.44. The Hall–Kier alpha value is -2.66. The average molecular weight is 432 g/mol. The molecule has 5 rings (SSSR count). The Morgan fingerprint density at radius 3 is 2.75 bits per heavy atom. The summed E-state index contributed by atoms with van der Waals surface area (Å²) >= 11 is 0. The van der Waals surface area contributed by atoms with Gasteiger partial charge in [0.2, 0.25) is 5.91 Å². The number of benzene rings is 1. The van der Waals surface area contributed by atoms with Gasteiger partial charge in [0, 0.05) is 37.6 Å². The van der Waals surface area contributed by atoms with Gasteiger partial charge in [0.05, 0.1) is 29.8 Å². The quantitative estimate of drug-likeness (QED) is 0.608. The normalized spacial score (nSPS) is 21.4. The maximum Gasteiger partial charge on any atom is 0.233 e. The van der Waals surface area contributed by atoms with Gasteiger partial charge in [-0.15, -0.1) is 0 Å². The van der Waals surface area contributed by atoms with Crippen LogP contribution >= 0.6 is 0 Å². The number of carbonyl (C=O) groups is 1. The second-order valence-corrected chi connectivity index (χ2v) is 9.58. The number of aromatic nitrogens is 2. The molecule has 168 valence electrons. The van der Waals surface area contributed by atoms with Crippen LogP contribution in [0.4, 0.5) is 0 Å². The van der Waals surface area contributed by atoms with Crippen LogP contribution in [-0.4, -0.2) is 46.5 Å². The molecule has 2 aliphatic rings. The first-order chi connectivity index (χ1) is 15.7. The van der Waals surface area contributed by atoms with Crippen molar-refractivity contribution in [1.82, 2.24) is 14.3 Å². The third-order valence-corrected chi connectivity index (χ3v) is 7.36. The molecule has 1 amide bonds. The van der Waals surface area contributed by atoms with E-state index in [-0.39, 0.29) is 11.3 Å². The van der Waals surface area contributed by atoms with Gasteiger partial charge in [-0.25, -0.2) is 0 Å². The third kappa shape index (κ3) is 4.06. The molecule has 5 nitrogen and oxygen atoms in total. The van der Waals surface area contributed by atoms with E-state index in [1.165, 1.54) is 17.5 Å². The van der Waals surface area contributed by atoms with Crippen LogP contribution in [0, 0.1) is 12.8 Å². The highest BCUT2D eigenvalue weighted by molar-refractivity contribution is 5.88. The van der Waals surface area contributed by atoms with Crippen LogP contribution in [0.15, 0.2) is 55.0 Å². The van der Waals surface area contributed by atoms with Gasteiger partial charge in [-0.2, -0.15) is 0 Å². The Bertz CT molecular complexity index is 1070. The van der Waals surface area contributed by atoms with Crippen molar-refractivity contribution in [3.05, 3.63) is 71.8 Å². The van der Waals surface area contributed by atoms with Gasteiger partial charge in [0.1, 0.15) is 0 Å². The number of hydrogen-bond donors (Lipinski definition) is 0. The molecule has 1 unspecified atom stereocenters. The maximum atomic E-state index is 14.1. The molecule has 1 saturated heterocycles. The SMILES string of the molecule is Cc1ccc(C2(C(=O)N3CCOCC(Cc4nccn5cccc45)C3)CCCCC2)cc1. The van der Waals surface area contributed by atoms with Gasteiger partial charge in [0.15, 0.2) is 0 Å². The minimum Gasteiger partial charge on any atom is -0.379 e. The van der Waals surface area contributed by atoms with Crippen molar-refractivity contribution in [2.75, 3.05) is 26.3 Å². The van der Waals surface area contributed by atoms with Crippen LogP contribution in [0.3, 0.4) is 0 Å². The minimum absolute atomic E-state index is 0.244. The highest BCUT2D eigenvalue weighted by Crippen LogP contribution is 2.41. The van der Waals surface area contributed by atoms with Crippen LogP contribution in [0.1, 0.15) is 48.9 Å². The molecule has 2 fully saturated rings. The average Bonchev–Trinajstić information content (AvgIpc) is 3.19. The van der Waals surface area contributed by atoms with E-state index in [1.807, 2.05) is 24.7 Å². The Morgan fingerprint density at radius 2 is 1.94 bits per heavy atom. The van der Waals surface area contributed by atoms with E-state index in [0.717, 1.165) is 49.9 Å². The van der Waals surface area contributed by atoms with Crippen molar-refractivity contribution in [2.24, 2.45) is 5.92 Å². The van der Waals surface area contributed by atoms with Crippen LogP contribution in [0.5, 0.6) is 0 Å². The molecule has 0 bridgehead atoms. The van der Waals surface area contributed by atoms with E-state index in [0.29, 0.717) is 25.7 Å². The van der Waals surface area contributed by atoms with Gasteiger partial charge in [-0.3, -0.25) is 9.78 Å².